The van der Waals surface area contributed by atoms with Gasteiger partial charge in [-0.25, -0.2) is 4.39 Å². The standard InChI is InChI=1S/C22H22ClFO3/c1-4-13-5-7-15(27-20-8-6-14(23)9-17(20)24)10-16(13)21-18(25)11-22(2,3)12-19(21)26/h5-10,21H,4,11-12H2,1-3H3. The summed E-state index contributed by atoms with van der Waals surface area (Å²) in [6, 6.07) is 9.40. The van der Waals surface area contributed by atoms with Crippen LogP contribution < -0.4 is 4.74 Å². The van der Waals surface area contributed by atoms with Gasteiger partial charge in [0.15, 0.2) is 11.6 Å². The molecule has 0 aromatic heterocycles. The highest BCUT2D eigenvalue weighted by Gasteiger charge is 2.41. The summed E-state index contributed by atoms with van der Waals surface area (Å²) in [6.45, 7) is 5.84. The Labute approximate surface area is 163 Å². The second-order valence-corrected chi connectivity index (χ2v) is 8.21. The molecule has 0 radical (unpaired) electrons. The minimum atomic E-state index is -0.772. The third-order valence-corrected chi connectivity index (χ3v) is 5.12. The van der Waals surface area contributed by atoms with Crippen molar-refractivity contribution >= 4 is 23.2 Å². The van der Waals surface area contributed by atoms with Crippen LogP contribution in [0, 0.1) is 11.2 Å². The molecule has 2 aromatic carbocycles. The lowest BCUT2D eigenvalue weighted by atomic mass is 9.69. The summed E-state index contributed by atoms with van der Waals surface area (Å²) in [5.74, 6) is -1.06. The largest absolute Gasteiger partial charge is 0.454 e. The quantitative estimate of drug-likeness (QED) is 0.614. The van der Waals surface area contributed by atoms with Crippen molar-refractivity contribution in [3.63, 3.8) is 0 Å². The number of hydrogen-bond donors (Lipinski definition) is 0. The van der Waals surface area contributed by atoms with Crippen LogP contribution in [0.5, 0.6) is 11.5 Å². The van der Waals surface area contributed by atoms with E-state index in [0.717, 1.165) is 5.56 Å². The summed E-state index contributed by atoms with van der Waals surface area (Å²) in [4.78, 5) is 25.4. The van der Waals surface area contributed by atoms with Gasteiger partial charge < -0.3 is 4.74 Å². The first-order chi connectivity index (χ1) is 12.7. The van der Waals surface area contributed by atoms with Gasteiger partial charge in [-0.05, 0) is 53.3 Å². The number of carbonyl (C=O) groups excluding carboxylic acids is 2. The van der Waals surface area contributed by atoms with Gasteiger partial charge in [0.05, 0.1) is 0 Å². The number of benzene rings is 2. The van der Waals surface area contributed by atoms with E-state index in [-0.39, 0.29) is 27.8 Å². The lowest BCUT2D eigenvalue weighted by Crippen LogP contribution is -2.36. The topological polar surface area (TPSA) is 43.4 Å². The molecule has 0 saturated heterocycles. The van der Waals surface area contributed by atoms with Crippen molar-refractivity contribution < 1.29 is 18.7 Å². The lowest BCUT2D eigenvalue weighted by Gasteiger charge is -2.33. The van der Waals surface area contributed by atoms with E-state index >= 15 is 0 Å². The number of aryl methyl sites for hydroxylation is 1. The Morgan fingerprint density at radius 1 is 1.11 bits per heavy atom. The van der Waals surface area contributed by atoms with E-state index in [9.17, 15) is 14.0 Å². The molecule has 0 heterocycles. The third kappa shape index (κ3) is 4.22. The molecule has 0 atom stereocenters. The zero-order valence-electron chi connectivity index (χ0n) is 15.6. The van der Waals surface area contributed by atoms with Gasteiger partial charge in [0.25, 0.3) is 0 Å². The normalized spacial score (nSPS) is 17.2. The molecule has 1 fully saturated rings. The van der Waals surface area contributed by atoms with Crippen LogP contribution in [-0.2, 0) is 16.0 Å². The fourth-order valence-electron chi connectivity index (χ4n) is 3.65. The fourth-order valence-corrected chi connectivity index (χ4v) is 3.81. The number of halogens is 2. The third-order valence-electron chi connectivity index (χ3n) is 4.88. The molecule has 1 aliphatic rings. The van der Waals surface area contributed by atoms with Crippen LogP contribution in [0.2, 0.25) is 5.02 Å². The van der Waals surface area contributed by atoms with Gasteiger partial charge in [0.2, 0.25) is 0 Å². The minimum Gasteiger partial charge on any atom is -0.454 e. The Balaban J connectivity index is 1.97. The first kappa shape index (κ1) is 19.6. The molecule has 27 heavy (non-hydrogen) atoms. The molecule has 0 bridgehead atoms. The molecular formula is C22H22ClFO3. The monoisotopic (exact) mass is 388 g/mol. The van der Waals surface area contributed by atoms with Crippen LogP contribution in [0.15, 0.2) is 36.4 Å². The van der Waals surface area contributed by atoms with Gasteiger partial charge >= 0.3 is 0 Å². The van der Waals surface area contributed by atoms with E-state index in [2.05, 4.69) is 0 Å². The van der Waals surface area contributed by atoms with Gasteiger partial charge in [-0.3, -0.25) is 9.59 Å². The van der Waals surface area contributed by atoms with Crippen molar-refractivity contribution in [2.24, 2.45) is 5.41 Å². The van der Waals surface area contributed by atoms with Crippen LogP contribution in [0.3, 0.4) is 0 Å². The Bertz CT molecular complexity index is 884. The van der Waals surface area contributed by atoms with E-state index < -0.39 is 11.7 Å². The van der Waals surface area contributed by atoms with E-state index in [1.165, 1.54) is 18.2 Å². The van der Waals surface area contributed by atoms with Crippen LogP contribution in [-0.4, -0.2) is 11.6 Å². The Morgan fingerprint density at radius 3 is 2.37 bits per heavy atom. The van der Waals surface area contributed by atoms with Crippen molar-refractivity contribution in [3.05, 3.63) is 58.4 Å². The average molecular weight is 389 g/mol. The van der Waals surface area contributed by atoms with Crippen LogP contribution in [0.25, 0.3) is 0 Å². The number of carbonyl (C=O) groups is 2. The van der Waals surface area contributed by atoms with Gasteiger partial charge in [-0.1, -0.05) is 38.4 Å². The van der Waals surface area contributed by atoms with E-state index in [4.69, 9.17) is 16.3 Å². The predicted molar refractivity (Wildman–Crippen MR) is 103 cm³/mol. The Hall–Kier alpha value is -2.20. The molecule has 0 unspecified atom stereocenters. The molecule has 3 rings (SSSR count). The van der Waals surface area contributed by atoms with Gasteiger partial charge in [-0.15, -0.1) is 0 Å². The highest BCUT2D eigenvalue weighted by atomic mass is 35.5. The highest BCUT2D eigenvalue weighted by molar-refractivity contribution is 6.30. The highest BCUT2D eigenvalue weighted by Crippen LogP contribution is 2.40. The molecule has 3 nitrogen and oxygen atoms in total. The van der Waals surface area contributed by atoms with Crippen molar-refractivity contribution in [2.75, 3.05) is 0 Å². The van der Waals surface area contributed by atoms with Crippen LogP contribution in [0.1, 0.15) is 50.7 Å². The Morgan fingerprint density at radius 2 is 1.78 bits per heavy atom. The number of ketones is 2. The number of rotatable bonds is 4. The smallest absolute Gasteiger partial charge is 0.167 e. The SMILES string of the molecule is CCc1ccc(Oc2ccc(Cl)cc2F)cc1C1C(=O)CC(C)(C)CC1=O. The second-order valence-electron chi connectivity index (χ2n) is 7.77. The zero-order chi connectivity index (χ0) is 19.8. The first-order valence-electron chi connectivity index (χ1n) is 9.01. The summed E-state index contributed by atoms with van der Waals surface area (Å²) in [7, 11) is 0. The first-order valence-corrected chi connectivity index (χ1v) is 9.39. The molecule has 0 spiro atoms. The maximum absolute atomic E-state index is 14.0. The molecule has 1 aliphatic carbocycles. The summed E-state index contributed by atoms with van der Waals surface area (Å²) in [5.41, 5.74) is 1.28. The second kappa shape index (κ2) is 7.43. The Kier molecular flexibility index (Phi) is 5.38. The maximum Gasteiger partial charge on any atom is 0.167 e. The van der Waals surface area contributed by atoms with Crippen LogP contribution in [0.4, 0.5) is 4.39 Å². The summed E-state index contributed by atoms with van der Waals surface area (Å²) >= 11 is 5.77. The van der Waals surface area contributed by atoms with Crippen molar-refractivity contribution in [3.8, 4) is 11.5 Å². The molecular weight excluding hydrogens is 367 g/mol. The summed E-state index contributed by atoms with van der Waals surface area (Å²) < 4.78 is 19.7. The molecule has 0 amide bonds. The van der Waals surface area contributed by atoms with Gasteiger partial charge in [-0.2, -0.15) is 0 Å². The maximum atomic E-state index is 14.0. The minimum absolute atomic E-state index is 0.0389. The van der Waals surface area contributed by atoms with Crippen molar-refractivity contribution in [1.29, 1.82) is 0 Å². The van der Waals surface area contributed by atoms with Gasteiger partial charge in [0.1, 0.15) is 23.2 Å². The number of Topliss-reactive ketones (excluding diaryl/α,β-unsaturated/α-hetero) is 2. The van der Waals surface area contributed by atoms with Gasteiger partial charge in [0, 0.05) is 17.9 Å². The van der Waals surface area contributed by atoms with Crippen LogP contribution >= 0.6 is 11.6 Å². The van der Waals surface area contributed by atoms with E-state index in [1.54, 1.807) is 12.1 Å². The summed E-state index contributed by atoms with van der Waals surface area (Å²) in [5, 5.41) is 0.280. The number of hydrogen-bond acceptors (Lipinski definition) is 3. The molecule has 1 saturated carbocycles. The summed E-state index contributed by atoms with van der Waals surface area (Å²) in [6.07, 6.45) is 1.41. The molecule has 0 aliphatic heterocycles. The fraction of sp³-hybridized carbons (Fsp3) is 0.364. The molecule has 0 N–H and O–H groups in total. The molecule has 5 heteroatoms. The molecule has 2 aromatic rings. The molecule has 142 valence electrons. The number of ether oxygens (including phenoxy) is 1. The average Bonchev–Trinajstić information content (AvgIpc) is 2.56. The lowest BCUT2D eigenvalue weighted by molar-refractivity contribution is -0.135. The van der Waals surface area contributed by atoms with Crippen molar-refractivity contribution in [1.82, 2.24) is 0 Å². The predicted octanol–water partition coefficient (Wildman–Crippen LogP) is 5.88. The van der Waals surface area contributed by atoms with E-state index in [1.807, 2.05) is 26.8 Å². The zero-order valence-corrected chi connectivity index (χ0v) is 16.4. The van der Waals surface area contributed by atoms with Crippen molar-refractivity contribution in [2.45, 2.75) is 46.0 Å². The van der Waals surface area contributed by atoms with E-state index in [0.29, 0.717) is 30.6 Å².